The van der Waals surface area contributed by atoms with Gasteiger partial charge in [0.1, 0.15) is 54.9 Å². The summed E-state index contributed by atoms with van der Waals surface area (Å²) in [7, 11) is 0. The molecule has 2 saturated heterocycles. The van der Waals surface area contributed by atoms with E-state index in [9.17, 15) is 40.9 Å². The summed E-state index contributed by atoms with van der Waals surface area (Å²) in [4.78, 5) is 0. The molecule has 11 nitrogen and oxygen atoms in total. The highest BCUT2D eigenvalue weighted by atomic mass is 16.5. The first kappa shape index (κ1) is 31.4. The Bertz CT molecular complexity index is 1460. The van der Waals surface area contributed by atoms with E-state index >= 15 is 0 Å². The molecule has 2 aromatic carbocycles. The minimum Gasteiger partial charge on any atom is -0.394 e. The quantitative estimate of drug-likeness (QED) is 0.174. The Balaban J connectivity index is 1.51. The van der Waals surface area contributed by atoms with Crippen LogP contribution in [0.2, 0.25) is 0 Å². The van der Waals surface area contributed by atoms with Crippen LogP contribution in [0.5, 0.6) is 0 Å². The van der Waals surface area contributed by atoms with Crippen molar-refractivity contribution in [1.29, 1.82) is 0 Å². The molecule has 1 unspecified atom stereocenters. The summed E-state index contributed by atoms with van der Waals surface area (Å²) in [5.41, 5.74) is 2.88. The molecule has 2 aliphatic heterocycles. The van der Waals surface area contributed by atoms with Crippen molar-refractivity contribution >= 4 is 21.8 Å². The summed E-state index contributed by atoms with van der Waals surface area (Å²) in [5.74, 6) is 11.6. The minimum atomic E-state index is -1.52. The van der Waals surface area contributed by atoms with Gasteiger partial charge in [-0.25, -0.2) is 0 Å². The maximum Gasteiger partial charge on any atom is 0.147 e. The summed E-state index contributed by atoms with van der Waals surface area (Å²) in [6.07, 6.45) is -12.4. The summed E-state index contributed by atoms with van der Waals surface area (Å²) in [5, 5.41) is 82.5. The summed E-state index contributed by atoms with van der Waals surface area (Å²) in [6.45, 7) is 3.29. The number of benzene rings is 2. The first-order chi connectivity index (χ1) is 20.5. The van der Waals surface area contributed by atoms with Gasteiger partial charge in [0.25, 0.3) is 0 Å². The number of nitrogens with zero attached hydrogens (tertiary/aromatic N) is 1. The topological polar surface area (TPSA) is 185 Å². The van der Waals surface area contributed by atoms with Crippen molar-refractivity contribution < 1.29 is 50.3 Å². The van der Waals surface area contributed by atoms with Crippen molar-refractivity contribution in [2.24, 2.45) is 0 Å². The molecule has 43 heavy (non-hydrogen) atoms. The molecule has 0 saturated carbocycles. The predicted molar refractivity (Wildman–Crippen MR) is 156 cm³/mol. The lowest BCUT2D eigenvalue weighted by molar-refractivity contribution is -0.214. The monoisotopic (exact) mass is 595 g/mol. The van der Waals surface area contributed by atoms with E-state index < -0.39 is 73.8 Å². The van der Waals surface area contributed by atoms with Gasteiger partial charge in [0.05, 0.1) is 18.8 Å². The Morgan fingerprint density at radius 3 is 1.63 bits per heavy atom. The van der Waals surface area contributed by atoms with E-state index in [0.717, 1.165) is 21.8 Å². The molecule has 0 spiro atoms. The van der Waals surface area contributed by atoms with Gasteiger partial charge in [-0.3, -0.25) is 0 Å². The number of aliphatic hydroxyl groups excluding tert-OH is 8. The molecule has 0 aliphatic carbocycles. The molecule has 230 valence electrons. The molecule has 1 aromatic heterocycles. The van der Waals surface area contributed by atoms with Crippen LogP contribution in [-0.2, 0) is 16.0 Å². The number of hydrogen-bond donors (Lipinski definition) is 8. The molecule has 5 rings (SSSR count). The molecule has 0 radical (unpaired) electrons. The Hall–Kier alpha value is -3.04. The lowest BCUT2D eigenvalue weighted by atomic mass is 9.94. The van der Waals surface area contributed by atoms with E-state index in [0.29, 0.717) is 24.1 Å². The molecule has 3 aromatic rings. The van der Waals surface area contributed by atoms with Crippen LogP contribution in [0.4, 0.5) is 0 Å². The van der Waals surface area contributed by atoms with Crippen molar-refractivity contribution in [3.8, 4) is 23.7 Å². The molecule has 2 fully saturated rings. The van der Waals surface area contributed by atoms with Crippen LogP contribution in [0.25, 0.3) is 21.8 Å². The molecule has 11 heteroatoms. The van der Waals surface area contributed by atoms with Gasteiger partial charge < -0.3 is 54.9 Å². The smallest absolute Gasteiger partial charge is 0.147 e. The Labute approximate surface area is 248 Å². The van der Waals surface area contributed by atoms with Crippen molar-refractivity contribution in [3.05, 3.63) is 47.5 Å². The number of fused-ring (bicyclic) bond motifs is 3. The minimum absolute atomic E-state index is 0.335. The average molecular weight is 596 g/mol. The van der Waals surface area contributed by atoms with Gasteiger partial charge in [-0.05, 0) is 49.7 Å². The highest BCUT2D eigenvalue weighted by molar-refractivity contribution is 6.09. The second-order valence-electron chi connectivity index (χ2n) is 11.2. The van der Waals surface area contributed by atoms with Crippen LogP contribution in [0, 0.1) is 23.7 Å². The number of aliphatic hydroxyl groups is 8. The number of aromatic nitrogens is 1. The van der Waals surface area contributed by atoms with Crippen LogP contribution in [-0.4, -0.2) is 119 Å². The van der Waals surface area contributed by atoms with Gasteiger partial charge in [0, 0.05) is 39.5 Å². The van der Waals surface area contributed by atoms with Gasteiger partial charge >= 0.3 is 0 Å². The van der Waals surface area contributed by atoms with Crippen molar-refractivity contribution in [3.63, 3.8) is 0 Å². The van der Waals surface area contributed by atoms with Gasteiger partial charge in [-0.1, -0.05) is 30.6 Å². The number of rotatable bonds is 4. The Kier molecular flexibility index (Phi) is 9.42. The van der Waals surface area contributed by atoms with Crippen LogP contribution in [0.1, 0.15) is 31.4 Å². The molecule has 3 heterocycles. The van der Waals surface area contributed by atoms with E-state index in [4.69, 9.17) is 9.47 Å². The third-order valence-electron chi connectivity index (χ3n) is 8.04. The van der Waals surface area contributed by atoms with E-state index in [2.05, 4.69) is 23.7 Å². The molecule has 11 atom stereocenters. The van der Waals surface area contributed by atoms with Crippen LogP contribution < -0.4 is 0 Å². The lowest BCUT2D eigenvalue weighted by Gasteiger charge is -2.38. The third kappa shape index (κ3) is 6.16. The maximum atomic E-state index is 10.4. The molecular weight excluding hydrogens is 558 g/mol. The molecule has 2 aliphatic rings. The zero-order valence-electron chi connectivity index (χ0n) is 23.8. The van der Waals surface area contributed by atoms with Gasteiger partial charge in [-0.2, -0.15) is 0 Å². The Morgan fingerprint density at radius 1 is 0.721 bits per heavy atom. The first-order valence-corrected chi connectivity index (χ1v) is 14.3. The van der Waals surface area contributed by atoms with Crippen molar-refractivity contribution in [2.75, 3.05) is 6.61 Å². The zero-order chi connectivity index (χ0) is 31.0. The van der Waals surface area contributed by atoms with Crippen LogP contribution >= 0.6 is 0 Å². The largest absolute Gasteiger partial charge is 0.394 e. The Morgan fingerprint density at radius 2 is 1.19 bits per heavy atom. The van der Waals surface area contributed by atoms with Crippen LogP contribution in [0.3, 0.4) is 0 Å². The number of ether oxygens (including phenoxy) is 2. The third-order valence-corrected chi connectivity index (χ3v) is 8.04. The maximum absolute atomic E-state index is 10.4. The molecule has 0 amide bonds. The lowest BCUT2D eigenvalue weighted by Crippen LogP contribution is -2.58. The molecule has 0 bridgehead atoms. The fourth-order valence-corrected chi connectivity index (χ4v) is 5.66. The molecular formula is C32H37NO10. The van der Waals surface area contributed by atoms with Crippen molar-refractivity contribution in [2.45, 2.75) is 94.0 Å². The highest BCUT2D eigenvalue weighted by Crippen LogP contribution is 2.31. The zero-order valence-corrected chi connectivity index (χ0v) is 23.8. The highest BCUT2D eigenvalue weighted by Gasteiger charge is 2.43. The van der Waals surface area contributed by atoms with Gasteiger partial charge in [-0.15, -0.1) is 0 Å². The number of hydrogen-bond acceptors (Lipinski definition) is 10. The fourth-order valence-electron chi connectivity index (χ4n) is 5.66. The second kappa shape index (κ2) is 12.9. The van der Waals surface area contributed by atoms with Gasteiger partial charge in [0.2, 0.25) is 0 Å². The summed E-state index contributed by atoms with van der Waals surface area (Å²) in [6, 6.07) is 11.1. The predicted octanol–water partition coefficient (Wildman–Crippen LogP) is -1.02. The van der Waals surface area contributed by atoms with Crippen molar-refractivity contribution in [1.82, 2.24) is 4.57 Å². The van der Waals surface area contributed by atoms with E-state index in [1.54, 1.807) is 13.0 Å². The SMILES string of the molecule is CC[C@H]1O[C@H](C#Cc2ccc3c(c2)c2cc(C#C[C@H]4O[C@H](CO)[C@@H](O)[C@H](O)[C@@H]4O)ccc2n3CC(C)O)[C@@H](O)[C@@H](O)[C@@H]1O. The normalized spacial score (nSPS) is 33.4. The molecule has 8 N–H and O–H groups in total. The van der Waals surface area contributed by atoms with E-state index in [1.165, 1.54) is 0 Å². The van der Waals surface area contributed by atoms with Crippen LogP contribution in [0.15, 0.2) is 36.4 Å². The fraction of sp³-hybridized carbons (Fsp3) is 0.500. The average Bonchev–Trinajstić information content (AvgIpc) is 3.29. The van der Waals surface area contributed by atoms with E-state index in [1.807, 2.05) is 41.8 Å². The summed E-state index contributed by atoms with van der Waals surface area (Å²) < 4.78 is 13.2. The van der Waals surface area contributed by atoms with E-state index in [-0.39, 0.29) is 0 Å². The standard InChI is InChI=1S/C32H37NO10/c1-3-23-27(36)31(40)28(37)24(42-23)10-6-17-4-8-21-19(12-17)20-13-18(5-9-22(20)33(21)14-16(2)35)7-11-25-29(38)32(41)30(39)26(15-34)43-25/h4-5,8-9,12-13,16,23-32,34-41H,3,14-15H2,1-2H3/t16?,23-,24-,25-,26-,27-,28-,29-,30-,31+,32-/m1/s1. The first-order valence-electron chi connectivity index (χ1n) is 14.3. The second-order valence-corrected chi connectivity index (χ2v) is 11.2. The summed E-state index contributed by atoms with van der Waals surface area (Å²) >= 11 is 0. The van der Waals surface area contributed by atoms with Gasteiger partial charge in [0.15, 0.2) is 0 Å².